The van der Waals surface area contributed by atoms with Crippen LogP contribution in [0.5, 0.6) is 0 Å². The third-order valence-corrected chi connectivity index (χ3v) is 3.55. The minimum atomic E-state index is -4.51. The quantitative estimate of drug-likeness (QED) is 0.840. The van der Waals surface area contributed by atoms with Crippen molar-refractivity contribution in [1.82, 2.24) is 9.97 Å². The fourth-order valence-corrected chi connectivity index (χ4v) is 2.31. The van der Waals surface area contributed by atoms with Gasteiger partial charge >= 0.3 is 6.18 Å². The van der Waals surface area contributed by atoms with Crippen LogP contribution in [-0.4, -0.2) is 16.0 Å². The lowest BCUT2D eigenvalue weighted by Gasteiger charge is -2.15. The highest BCUT2D eigenvalue weighted by molar-refractivity contribution is 6.30. The summed E-state index contributed by atoms with van der Waals surface area (Å²) in [5.41, 5.74) is -0.935. The predicted molar refractivity (Wildman–Crippen MR) is 83.2 cm³/mol. The van der Waals surface area contributed by atoms with Crippen LogP contribution >= 0.6 is 11.6 Å². The van der Waals surface area contributed by atoms with Gasteiger partial charge in [-0.05, 0) is 38.0 Å². The first-order valence-corrected chi connectivity index (χ1v) is 7.45. The molecule has 1 heterocycles. The monoisotopic (exact) mass is 342 g/mol. The van der Waals surface area contributed by atoms with Gasteiger partial charge in [-0.2, -0.15) is 13.2 Å². The van der Waals surface area contributed by atoms with Crippen LogP contribution in [0.2, 0.25) is 5.02 Å². The van der Waals surface area contributed by atoms with Crippen molar-refractivity contribution in [2.24, 2.45) is 0 Å². The Morgan fingerprint density at radius 3 is 2.48 bits per heavy atom. The van der Waals surface area contributed by atoms with Gasteiger partial charge in [0.05, 0.1) is 11.3 Å². The van der Waals surface area contributed by atoms with Crippen molar-refractivity contribution in [2.45, 2.75) is 32.0 Å². The number of anilines is 3. The van der Waals surface area contributed by atoms with Crippen LogP contribution in [-0.2, 0) is 6.18 Å². The lowest BCUT2D eigenvalue weighted by molar-refractivity contribution is -0.136. The fraction of sp³-hybridized carbons (Fsp3) is 0.333. The van der Waals surface area contributed by atoms with E-state index in [4.69, 9.17) is 11.6 Å². The van der Waals surface area contributed by atoms with Gasteiger partial charge in [-0.15, -0.1) is 0 Å². The minimum absolute atomic E-state index is 0.0258. The number of halogens is 4. The Morgan fingerprint density at radius 2 is 1.83 bits per heavy atom. The zero-order valence-electron chi connectivity index (χ0n) is 12.2. The standard InChI is InChI=1S/C15H14ClF3N4/c1-8-20-13(22-10-3-4-10)7-14(21-8)23-12-5-2-9(16)6-11(12)15(17,18)19/h2,5-7,10H,3-4H2,1H3,(H2,20,21,22,23). The third kappa shape index (κ3) is 4.04. The average molecular weight is 343 g/mol. The topological polar surface area (TPSA) is 49.8 Å². The van der Waals surface area contributed by atoms with E-state index in [1.165, 1.54) is 12.1 Å². The van der Waals surface area contributed by atoms with E-state index in [0.717, 1.165) is 18.9 Å². The summed E-state index contributed by atoms with van der Waals surface area (Å²) in [7, 11) is 0. The largest absolute Gasteiger partial charge is 0.418 e. The number of rotatable bonds is 4. The van der Waals surface area contributed by atoms with E-state index in [-0.39, 0.29) is 10.7 Å². The van der Waals surface area contributed by atoms with Crippen LogP contribution in [0, 0.1) is 6.92 Å². The van der Waals surface area contributed by atoms with Crippen LogP contribution < -0.4 is 10.6 Å². The average Bonchev–Trinajstić information content (AvgIpc) is 3.23. The molecule has 0 atom stereocenters. The number of hydrogen-bond acceptors (Lipinski definition) is 4. The Balaban J connectivity index is 1.91. The molecule has 3 rings (SSSR count). The molecule has 1 saturated carbocycles. The van der Waals surface area contributed by atoms with Crippen LogP contribution in [0.3, 0.4) is 0 Å². The number of aromatic nitrogens is 2. The summed E-state index contributed by atoms with van der Waals surface area (Å²) >= 11 is 5.68. The van der Waals surface area contributed by atoms with Gasteiger partial charge in [-0.25, -0.2) is 9.97 Å². The second kappa shape index (κ2) is 5.88. The molecule has 0 radical (unpaired) electrons. The van der Waals surface area contributed by atoms with Crippen molar-refractivity contribution < 1.29 is 13.2 Å². The number of nitrogens with zero attached hydrogens (tertiary/aromatic N) is 2. The first-order chi connectivity index (χ1) is 10.8. The molecule has 23 heavy (non-hydrogen) atoms. The molecule has 8 heteroatoms. The molecule has 0 saturated heterocycles. The molecular weight excluding hydrogens is 329 g/mol. The molecule has 0 unspecified atom stereocenters. The van der Waals surface area contributed by atoms with Crippen molar-refractivity contribution in [3.63, 3.8) is 0 Å². The Kier molecular flexibility index (Phi) is 4.06. The van der Waals surface area contributed by atoms with E-state index in [1.807, 2.05) is 0 Å². The van der Waals surface area contributed by atoms with Gasteiger partial charge in [0.2, 0.25) is 0 Å². The van der Waals surface area contributed by atoms with Gasteiger partial charge in [-0.3, -0.25) is 0 Å². The predicted octanol–water partition coefficient (Wildman–Crippen LogP) is 4.78. The van der Waals surface area contributed by atoms with Crippen LogP contribution in [0.1, 0.15) is 24.2 Å². The molecule has 1 aromatic heterocycles. The molecular formula is C15H14ClF3N4. The molecule has 2 aromatic rings. The Labute approximate surface area is 136 Å². The van der Waals surface area contributed by atoms with Gasteiger partial charge in [-0.1, -0.05) is 11.6 Å². The highest BCUT2D eigenvalue weighted by atomic mass is 35.5. The van der Waals surface area contributed by atoms with E-state index in [1.54, 1.807) is 13.0 Å². The van der Waals surface area contributed by atoms with E-state index >= 15 is 0 Å². The zero-order chi connectivity index (χ0) is 16.6. The van der Waals surface area contributed by atoms with Crippen LogP contribution in [0.4, 0.5) is 30.5 Å². The van der Waals surface area contributed by atoms with Crippen molar-refractivity contribution in [3.05, 3.63) is 40.7 Å². The molecule has 1 fully saturated rings. The second-order valence-corrected chi connectivity index (χ2v) is 5.85. The molecule has 0 spiro atoms. The maximum Gasteiger partial charge on any atom is 0.418 e. The van der Waals surface area contributed by atoms with Gasteiger partial charge in [0.25, 0.3) is 0 Å². The lowest BCUT2D eigenvalue weighted by Crippen LogP contribution is -2.10. The van der Waals surface area contributed by atoms with E-state index in [0.29, 0.717) is 23.5 Å². The molecule has 2 N–H and O–H groups in total. The molecule has 1 aliphatic carbocycles. The number of aryl methyl sites for hydroxylation is 1. The Hall–Kier alpha value is -2.02. The molecule has 0 aliphatic heterocycles. The van der Waals surface area contributed by atoms with Gasteiger partial charge in [0.1, 0.15) is 17.5 Å². The van der Waals surface area contributed by atoms with Crippen molar-refractivity contribution in [1.29, 1.82) is 0 Å². The molecule has 0 amide bonds. The van der Waals surface area contributed by atoms with Crippen LogP contribution in [0.25, 0.3) is 0 Å². The number of nitrogens with one attached hydrogen (secondary N) is 2. The fourth-order valence-electron chi connectivity index (χ4n) is 2.14. The highest BCUT2D eigenvalue weighted by Crippen LogP contribution is 2.37. The summed E-state index contributed by atoms with van der Waals surface area (Å²) in [5.74, 6) is 1.37. The van der Waals surface area contributed by atoms with Gasteiger partial charge in [0, 0.05) is 17.1 Å². The third-order valence-electron chi connectivity index (χ3n) is 3.32. The number of benzene rings is 1. The molecule has 4 nitrogen and oxygen atoms in total. The first-order valence-electron chi connectivity index (χ1n) is 7.07. The minimum Gasteiger partial charge on any atom is -0.367 e. The normalized spacial score (nSPS) is 14.7. The zero-order valence-corrected chi connectivity index (χ0v) is 13.0. The first kappa shape index (κ1) is 15.9. The van der Waals surface area contributed by atoms with E-state index in [2.05, 4.69) is 20.6 Å². The summed E-state index contributed by atoms with van der Waals surface area (Å²) in [6.45, 7) is 1.69. The Morgan fingerprint density at radius 1 is 1.13 bits per heavy atom. The maximum absolute atomic E-state index is 13.1. The second-order valence-electron chi connectivity index (χ2n) is 5.42. The van der Waals surface area contributed by atoms with Crippen molar-refractivity contribution in [2.75, 3.05) is 10.6 Å². The SMILES string of the molecule is Cc1nc(Nc2ccc(Cl)cc2C(F)(F)F)cc(NC2CC2)n1. The van der Waals surface area contributed by atoms with Crippen molar-refractivity contribution >= 4 is 28.9 Å². The Bertz CT molecular complexity index is 729. The number of alkyl halides is 3. The highest BCUT2D eigenvalue weighted by Gasteiger charge is 2.34. The molecule has 1 aromatic carbocycles. The van der Waals surface area contributed by atoms with Crippen molar-refractivity contribution in [3.8, 4) is 0 Å². The smallest absolute Gasteiger partial charge is 0.367 e. The summed E-state index contributed by atoms with van der Waals surface area (Å²) in [6, 6.07) is 5.56. The molecule has 122 valence electrons. The van der Waals surface area contributed by atoms with E-state index in [9.17, 15) is 13.2 Å². The van der Waals surface area contributed by atoms with Gasteiger partial charge in [0.15, 0.2) is 0 Å². The molecule has 0 bridgehead atoms. The summed E-state index contributed by atoms with van der Waals surface area (Å²) in [4.78, 5) is 8.38. The van der Waals surface area contributed by atoms with Crippen LogP contribution in [0.15, 0.2) is 24.3 Å². The maximum atomic E-state index is 13.1. The van der Waals surface area contributed by atoms with E-state index < -0.39 is 11.7 Å². The summed E-state index contributed by atoms with van der Waals surface area (Å²) < 4.78 is 39.4. The lowest BCUT2D eigenvalue weighted by atomic mass is 10.1. The summed E-state index contributed by atoms with van der Waals surface area (Å²) in [6.07, 6.45) is -2.37. The number of hydrogen-bond donors (Lipinski definition) is 2. The summed E-state index contributed by atoms with van der Waals surface area (Å²) in [5, 5.41) is 5.94. The molecule has 1 aliphatic rings. The van der Waals surface area contributed by atoms with Gasteiger partial charge < -0.3 is 10.6 Å².